The van der Waals surface area contributed by atoms with Gasteiger partial charge in [0.15, 0.2) is 0 Å². The molecule has 0 saturated carbocycles. The van der Waals surface area contributed by atoms with Crippen molar-refractivity contribution in [2.24, 2.45) is 0 Å². The van der Waals surface area contributed by atoms with Crippen LogP contribution in [0.25, 0.3) is 0 Å². The van der Waals surface area contributed by atoms with E-state index in [1.54, 1.807) is 0 Å². The van der Waals surface area contributed by atoms with Crippen LogP contribution in [-0.4, -0.2) is 9.78 Å². The zero-order valence-electron chi connectivity index (χ0n) is 12.1. The van der Waals surface area contributed by atoms with Crippen molar-refractivity contribution >= 4 is 15.9 Å². The molecule has 0 spiro atoms. The molecule has 0 N–H and O–H groups in total. The Labute approximate surface area is 129 Å². The number of alkyl halides is 1. The second-order valence-corrected chi connectivity index (χ2v) is 5.38. The molecular formula is C16H21BrN2O. The van der Waals surface area contributed by atoms with Crippen molar-refractivity contribution in [3.05, 3.63) is 47.8 Å². The molecule has 0 aliphatic carbocycles. The first-order valence-electron chi connectivity index (χ1n) is 7.08. The van der Waals surface area contributed by atoms with E-state index in [2.05, 4.69) is 47.0 Å². The van der Waals surface area contributed by atoms with Gasteiger partial charge in [0.2, 0.25) is 0 Å². The Balaban J connectivity index is 1.93. The lowest BCUT2D eigenvalue weighted by molar-refractivity contribution is 0.297. The third kappa shape index (κ3) is 3.85. The summed E-state index contributed by atoms with van der Waals surface area (Å²) in [5.74, 6) is 0.881. The molecule has 3 nitrogen and oxygen atoms in total. The van der Waals surface area contributed by atoms with Crippen LogP contribution in [0, 0.1) is 0 Å². The van der Waals surface area contributed by atoms with Crippen LogP contribution in [0.15, 0.2) is 36.5 Å². The highest BCUT2D eigenvalue weighted by Crippen LogP contribution is 2.17. The van der Waals surface area contributed by atoms with E-state index in [4.69, 9.17) is 4.74 Å². The van der Waals surface area contributed by atoms with E-state index < -0.39 is 0 Å². The lowest BCUT2D eigenvalue weighted by Gasteiger charge is -2.12. The normalized spacial score (nSPS) is 11.0. The smallest absolute Gasteiger partial charge is 0.132 e. The lowest BCUT2D eigenvalue weighted by atomic mass is 10.2. The quantitative estimate of drug-likeness (QED) is 0.684. The number of aromatic nitrogens is 2. The van der Waals surface area contributed by atoms with Crippen molar-refractivity contribution in [1.82, 2.24) is 9.78 Å². The topological polar surface area (TPSA) is 27.1 Å². The van der Waals surface area contributed by atoms with Crippen molar-refractivity contribution in [3.8, 4) is 5.75 Å². The predicted octanol–water partition coefficient (Wildman–Crippen LogP) is 4.72. The Bertz CT molecular complexity index is 518. The number of halogens is 1. The average molecular weight is 337 g/mol. The molecule has 0 amide bonds. The first-order chi connectivity index (χ1) is 9.76. The van der Waals surface area contributed by atoms with Gasteiger partial charge in [-0.05, 0) is 36.6 Å². The number of hydrogen-bond donors (Lipinski definition) is 0. The summed E-state index contributed by atoms with van der Waals surface area (Å²) in [4.78, 5) is 0. The standard InChI is InChI=1S/C16H21BrN2O/c1-3-15(4-2)19-10-9-14(18-19)12-20-16-7-5-13(11-17)6-8-16/h5-10,15H,3-4,11-12H2,1-2H3. The summed E-state index contributed by atoms with van der Waals surface area (Å²) in [6, 6.07) is 10.6. The maximum atomic E-state index is 5.76. The third-order valence-electron chi connectivity index (χ3n) is 3.44. The molecule has 0 radical (unpaired) electrons. The van der Waals surface area contributed by atoms with Gasteiger partial charge in [0, 0.05) is 11.5 Å². The van der Waals surface area contributed by atoms with E-state index in [0.717, 1.165) is 29.6 Å². The summed E-state index contributed by atoms with van der Waals surface area (Å²) in [7, 11) is 0. The molecule has 2 aromatic rings. The van der Waals surface area contributed by atoms with Crippen LogP contribution in [0.1, 0.15) is 44.0 Å². The highest BCUT2D eigenvalue weighted by atomic mass is 79.9. The maximum absolute atomic E-state index is 5.76. The summed E-state index contributed by atoms with van der Waals surface area (Å²) in [5.41, 5.74) is 2.22. The molecule has 0 atom stereocenters. The summed E-state index contributed by atoms with van der Waals surface area (Å²) in [6.07, 6.45) is 4.25. The summed E-state index contributed by atoms with van der Waals surface area (Å²) >= 11 is 3.43. The Morgan fingerprint density at radius 1 is 1.15 bits per heavy atom. The highest BCUT2D eigenvalue weighted by Gasteiger charge is 2.08. The largest absolute Gasteiger partial charge is 0.487 e. The van der Waals surface area contributed by atoms with Gasteiger partial charge in [-0.25, -0.2) is 0 Å². The second kappa shape index (κ2) is 7.48. The molecule has 4 heteroatoms. The van der Waals surface area contributed by atoms with Gasteiger partial charge in [-0.3, -0.25) is 4.68 Å². The van der Waals surface area contributed by atoms with Crippen molar-refractivity contribution < 1.29 is 4.74 Å². The van der Waals surface area contributed by atoms with Crippen LogP contribution in [0.3, 0.4) is 0 Å². The van der Waals surface area contributed by atoms with Crippen molar-refractivity contribution in [1.29, 1.82) is 0 Å². The predicted molar refractivity (Wildman–Crippen MR) is 85.3 cm³/mol. The van der Waals surface area contributed by atoms with Crippen LogP contribution < -0.4 is 4.74 Å². The number of benzene rings is 1. The number of nitrogens with zero attached hydrogens (tertiary/aromatic N) is 2. The molecule has 108 valence electrons. The minimum atomic E-state index is 0.488. The molecule has 1 aromatic heterocycles. The van der Waals surface area contributed by atoms with E-state index in [9.17, 15) is 0 Å². The fourth-order valence-corrected chi connectivity index (χ4v) is 2.53. The Hall–Kier alpha value is -1.29. The van der Waals surface area contributed by atoms with E-state index in [1.807, 2.05) is 29.1 Å². The van der Waals surface area contributed by atoms with Gasteiger partial charge < -0.3 is 4.74 Å². The van der Waals surface area contributed by atoms with Crippen LogP contribution in [-0.2, 0) is 11.9 Å². The first kappa shape index (κ1) is 15.1. The van der Waals surface area contributed by atoms with Crippen LogP contribution >= 0.6 is 15.9 Å². The number of hydrogen-bond acceptors (Lipinski definition) is 2. The van der Waals surface area contributed by atoms with Gasteiger partial charge in [-0.2, -0.15) is 5.10 Å². The van der Waals surface area contributed by atoms with Crippen LogP contribution in [0.4, 0.5) is 0 Å². The van der Waals surface area contributed by atoms with E-state index in [1.165, 1.54) is 5.56 Å². The van der Waals surface area contributed by atoms with Crippen LogP contribution in [0.2, 0.25) is 0 Å². The SMILES string of the molecule is CCC(CC)n1ccc(COc2ccc(CBr)cc2)n1. The van der Waals surface area contributed by atoms with E-state index in [0.29, 0.717) is 12.6 Å². The first-order valence-corrected chi connectivity index (χ1v) is 8.20. The minimum absolute atomic E-state index is 0.488. The van der Waals surface area contributed by atoms with Gasteiger partial charge in [0.05, 0.1) is 11.7 Å². The van der Waals surface area contributed by atoms with Gasteiger partial charge in [0.25, 0.3) is 0 Å². The number of rotatable bonds is 7. The van der Waals surface area contributed by atoms with Gasteiger partial charge >= 0.3 is 0 Å². The molecule has 1 heterocycles. The molecule has 2 rings (SSSR count). The molecule has 0 aliphatic heterocycles. The second-order valence-electron chi connectivity index (χ2n) is 4.82. The fourth-order valence-electron chi connectivity index (χ4n) is 2.15. The molecule has 0 unspecified atom stereocenters. The molecule has 1 aromatic carbocycles. The zero-order valence-corrected chi connectivity index (χ0v) is 13.6. The van der Waals surface area contributed by atoms with E-state index >= 15 is 0 Å². The molecule has 0 aliphatic rings. The Morgan fingerprint density at radius 3 is 2.45 bits per heavy atom. The average Bonchev–Trinajstić information content (AvgIpc) is 2.96. The summed E-state index contributed by atoms with van der Waals surface area (Å²) in [6.45, 7) is 4.90. The van der Waals surface area contributed by atoms with Crippen molar-refractivity contribution in [2.45, 2.75) is 44.7 Å². The lowest BCUT2D eigenvalue weighted by Crippen LogP contribution is -2.08. The maximum Gasteiger partial charge on any atom is 0.132 e. The molecule has 0 saturated heterocycles. The van der Waals surface area contributed by atoms with Gasteiger partial charge in [-0.15, -0.1) is 0 Å². The fraction of sp³-hybridized carbons (Fsp3) is 0.438. The van der Waals surface area contributed by atoms with Crippen molar-refractivity contribution in [2.75, 3.05) is 0 Å². The Morgan fingerprint density at radius 2 is 1.85 bits per heavy atom. The van der Waals surface area contributed by atoms with Crippen LogP contribution in [0.5, 0.6) is 5.75 Å². The minimum Gasteiger partial charge on any atom is -0.487 e. The Kier molecular flexibility index (Phi) is 5.65. The van der Waals surface area contributed by atoms with Gasteiger partial charge in [-0.1, -0.05) is 41.9 Å². The van der Waals surface area contributed by atoms with Gasteiger partial charge in [0.1, 0.15) is 12.4 Å². The zero-order chi connectivity index (χ0) is 14.4. The third-order valence-corrected chi connectivity index (χ3v) is 4.09. The van der Waals surface area contributed by atoms with E-state index in [-0.39, 0.29) is 0 Å². The number of ether oxygens (including phenoxy) is 1. The van der Waals surface area contributed by atoms with Crippen molar-refractivity contribution in [3.63, 3.8) is 0 Å². The summed E-state index contributed by atoms with van der Waals surface area (Å²) in [5, 5.41) is 5.45. The molecular weight excluding hydrogens is 316 g/mol. The molecule has 0 fully saturated rings. The monoisotopic (exact) mass is 336 g/mol. The molecule has 0 bridgehead atoms. The summed E-state index contributed by atoms with van der Waals surface area (Å²) < 4.78 is 7.81. The molecule has 20 heavy (non-hydrogen) atoms. The highest BCUT2D eigenvalue weighted by molar-refractivity contribution is 9.08.